The van der Waals surface area contributed by atoms with Crippen LogP contribution in [0.2, 0.25) is 0 Å². The van der Waals surface area contributed by atoms with E-state index in [4.69, 9.17) is 5.73 Å². The van der Waals surface area contributed by atoms with Gasteiger partial charge in [0.15, 0.2) is 0 Å². The first-order valence-electron chi connectivity index (χ1n) is 5.90. The van der Waals surface area contributed by atoms with Crippen molar-refractivity contribution in [1.82, 2.24) is 9.97 Å². The molecule has 0 aliphatic rings. The zero-order chi connectivity index (χ0) is 13.8. The first-order valence-corrected chi connectivity index (χ1v) is 5.90. The molecule has 0 aliphatic heterocycles. The molecule has 19 heavy (non-hydrogen) atoms. The van der Waals surface area contributed by atoms with Crippen LogP contribution in [0.3, 0.4) is 0 Å². The average molecular weight is 267 g/mol. The van der Waals surface area contributed by atoms with E-state index < -0.39 is 6.61 Å². The van der Waals surface area contributed by atoms with E-state index in [1.54, 1.807) is 18.3 Å². The van der Waals surface area contributed by atoms with Crippen molar-refractivity contribution in [2.45, 2.75) is 19.5 Å². The molecule has 102 valence electrons. The molecule has 4 nitrogen and oxygen atoms in total. The van der Waals surface area contributed by atoms with E-state index in [9.17, 15) is 8.78 Å². The highest BCUT2D eigenvalue weighted by Crippen LogP contribution is 2.23. The van der Waals surface area contributed by atoms with E-state index in [0.29, 0.717) is 6.54 Å². The van der Waals surface area contributed by atoms with Crippen LogP contribution >= 0.6 is 0 Å². The van der Waals surface area contributed by atoms with Crippen LogP contribution in [0.1, 0.15) is 18.7 Å². The SMILES string of the molecule is CC(CN)c1ncc(-c2ccc(OC(F)F)cc2)[nH]1. The molecule has 1 atom stereocenters. The lowest BCUT2D eigenvalue weighted by Crippen LogP contribution is -2.10. The number of alkyl halides is 2. The summed E-state index contributed by atoms with van der Waals surface area (Å²) in [6.07, 6.45) is 1.70. The molecular formula is C13H15F2N3O. The summed E-state index contributed by atoms with van der Waals surface area (Å²) in [5.41, 5.74) is 7.24. The Morgan fingerprint density at radius 1 is 1.32 bits per heavy atom. The lowest BCUT2D eigenvalue weighted by Gasteiger charge is -2.05. The fourth-order valence-electron chi connectivity index (χ4n) is 1.66. The summed E-state index contributed by atoms with van der Waals surface area (Å²) in [5.74, 6) is 1.09. The second-order valence-corrected chi connectivity index (χ2v) is 4.22. The molecule has 0 aliphatic carbocycles. The summed E-state index contributed by atoms with van der Waals surface area (Å²) >= 11 is 0. The van der Waals surface area contributed by atoms with Gasteiger partial charge < -0.3 is 15.5 Å². The van der Waals surface area contributed by atoms with Crippen molar-refractivity contribution in [2.24, 2.45) is 5.73 Å². The summed E-state index contributed by atoms with van der Waals surface area (Å²) in [5, 5.41) is 0. The van der Waals surface area contributed by atoms with Crippen molar-refractivity contribution < 1.29 is 13.5 Å². The topological polar surface area (TPSA) is 63.9 Å². The van der Waals surface area contributed by atoms with E-state index in [1.165, 1.54) is 12.1 Å². The molecule has 3 N–H and O–H groups in total. The van der Waals surface area contributed by atoms with Crippen LogP contribution in [-0.2, 0) is 0 Å². The number of aromatic nitrogens is 2. The average Bonchev–Trinajstić information content (AvgIpc) is 2.87. The molecule has 0 amide bonds. The van der Waals surface area contributed by atoms with Gasteiger partial charge in [0.2, 0.25) is 0 Å². The van der Waals surface area contributed by atoms with Gasteiger partial charge in [0.1, 0.15) is 11.6 Å². The van der Waals surface area contributed by atoms with Crippen molar-refractivity contribution in [1.29, 1.82) is 0 Å². The van der Waals surface area contributed by atoms with Crippen molar-refractivity contribution in [3.8, 4) is 17.0 Å². The summed E-state index contributed by atoms with van der Waals surface area (Å²) in [4.78, 5) is 7.41. The van der Waals surface area contributed by atoms with Gasteiger partial charge in [-0.1, -0.05) is 6.92 Å². The van der Waals surface area contributed by atoms with Crippen molar-refractivity contribution in [2.75, 3.05) is 6.54 Å². The highest BCUT2D eigenvalue weighted by atomic mass is 19.3. The molecule has 1 unspecified atom stereocenters. The summed E-state index contributed by atoms with van der Waals surface area (Å²) in [6, 6.07) is 6.38. The Labute approximate surface area is 109 Å². The number of halogens is 2. The number of nitrogens with two attached hydrogens (primary N) is 1. The minimum atomic E-state index is -2.81. The largest absolute Gasteiger partial charge is 0.435 e. The third-order valence-corrected chi connectivity index (χ3v) is 2.81. The molecule has 0 spiro atoms. The first kappa shape index (κ1) is 13.5. The lowest BCUT2D eigenvalue weighted by atomic mass is 10.1. The first-order chi connectivity index (χ1) is 9.10. The maximum Gasteiger partial charge on any atom is 0.387 e. The summed E-state index contributed by atoms with van der Waals surface area (Å²) in [7, 11) is 0. The summed E-state index contributed by atoms with van der Waals surface area (Å²) < 4.78 is 28.3. The van der Waals surface area contributed by atoms with Gasteiger partial charge in [-0.15, -0.1) is 0 Å². The predicted molar refractivity (Wildman–Crippen MR) is 68.1 cm³/mol. The second-order valence-electron chi connectivity index (χ2n) is 4.22. The minimum absolute atomic E-state index is 0.133. The standard InChI is InChI=1S/C13H15F2N3O/c1-8(6-16)12-17-7-11(18-12)9-2-4-10(5-3-9)19-13(14)15/h2-5,7-8,13H,6,16H2,1H3,(H,17,18). The van der Waals surface area contributed by atoms with E-state index >= 15 is 0 Å². The number of nitrogens with zero attached hydrogens (tertiary/aromatic N) is 1. The molecule has 2 aromatic rings. The molecule has 0 saturated heterocycles. The smallest absolute Gasteiger partial charge is 0.387 e. The molecule has 6 heteroatoms. The second kappa shape index (κ2) is 5.79. The fraction of sp³-hybridized carbons (Fsp3) is 0.308. The van der Waals surface area contributed by atoms with Crippen LogP contribution in [0.4, 0.5) is 8.78 Å². The number of aromatic amines is 1. The Hall–Kier alpha value is -1.95. The molecule has 1 aromatic heterocycles. The number of imidazole rings is 1. The molecular weight excluding hydrogens is 252 g/mol. The quantitative estimate of drug-likeness (QED) is 0.875. The molecule has 1 aromatic carbocycles. The highest BCUT2D eigenvalue weighted by Gasteiger charge is 2.09. The van der Waals surface area contributed by atoms with Gasteiger partial charge in [-0.2, -0.15) is 8.78 Å². The van der Waals surface area contributed by atoms with Gasteiger partial charge in [-0.25, -0.2) is 4.98 Å². The molecule has 0 bridgehead atoms. The third-order valence-electron chi connectivity index (χ3n) is 2.81. The number of benzene rings is 1. The predicted octanol–water partition coefficient (Wildman–Crippen LogP) is 2.74. The minimum Gasteiger partial charge on any atom is -0.435 e. The Kier molecular flexibility index (Phi) is 4.11. The van der Waals surface area contributed by atoms with E-state index in [1.807, 2.05) is 6.92 Å². The zero-order valence-corrected chi connectivity index (χ0v) is 10.4. The van der Waals surface area contributed by atoms with Crippen LogP contribution in [0, 0.1) is 0 Å². The number of H-pyrrole nitrogens is 1. The van der Waals surface area contributed by atoms with E-state index in [-0.39, 0.29) is 11.7 Å². The van der Waals surface area contributed by atoms with Gasteiger partial charge in [-0.3, -0.25) is 0 Å². The van der Waals surface area contributed by atoms with Crippen molar-refractivity contribution in [3.63, 3.8) is 0 Å². The number of hydrogen-bond donors (Lipinski definition) is 2. The van der Waals surface area contributed by atoms with Crippen LogP contribution in [0.5, 0.6) is 5.75 Å². The molecule has 0 radical (unpaired) electrons. The van der Waals surface area contributed by atoms with Crippen LogP contribution in [0.15, 0.2) is 30.5 Å². The number of hydrogen-bond acceptors (Lipinski definition) is 3. The Balaban J connectivity index is 2.15. The summed E-state index contributed by atoms with van der Waals surface area (Å²) in [6.45, 7) is -0.328. The third kappa shape index (κ3) is 3.29. The fourth-order valence-corrected chi connectivity index (χ4v) is 1.66. The highest BCUT2D eigenvalue weighted by molar-refractivity contribution is 5.59. The molecule has 1 heterocycles. The van der Waals surface area contributed by atoms with Crippen molar-refractivity contribution in [3.05, 3.63) is 36.3 Å². The van der Waals surface area contributed by atoms with Crippen molar-refractivity contribution >= 4 is 0 Å². The molecule has 0 saturated carbocycles. The van der Waals surface area contributed by atoms with E-state index in [0.717, 1.165) is 17.1 Å². The van der Waals surface area contributed by atoms with Crippen LogP contribution < -0.4 is 10.5 Å². The number of rotatable bonds is 5. The van der Waals surface area contributed by atoms with Gasteiger partial charge in [-0.05, 0) is 29.8 Å². The lowest BCUT2D eigenvalue weighted by molar-refractivity contribution is -0.0498. The van der Waals surface area contributed by atoms with E-state index in [2.05, 4.69) is 14.7 Å². The van der Waals surface area contributed by atoms with Crippen LogP contribution in [-0.4, -0.2) is 23.1 Å². The zero-order valence-electron chi connectivity index (χ0n) is 10.4. The maximum atomic E-state index is 12.0. The van der Waals surface area contributed by atoms with Crippen LogP contribution in [0.25, 0.3) is 11.3 Å². The monoisotopic (exact) mass is 267 g/mol. The normalized spacial score (nSPS) is 12.7. The molecule has 2 rings (SSSR count). The Morgan fingerprint density at radius 3 is 2.58 bits per heavy atom. The number of ether oxygens (including phenoxy) is 1. The Morgan fingerprint density at radius 2 is 2.00 bits per heavy atom. The molecule has 0 fully saturated rings. The van der Waals surface area contributed by atoms with Gasteiger partial charge >= 0.3 is 6.61 Å². The Bertz CT molecular complexity index is 525. The van der Waals surface area contributed by atoms with Gasteiger partial charge in [0.25, 0.3) is 0 Å². The maximum absolute atomic E-state index is 12.0. The van der Waals surface area contributed by atoms with Gasteiger partial charge in [0, 0.05) is 12.5 Å². The van der Waals surface area contributed by atoms with Gasteiger partial charge in [0.05, 0.1) is 11.9 Å². The number of nitrogens with one attached hydrogen (secondary N) is 1.